The van der Waals surface area contributed by atoms with Gasteiger partial charge >= 0.3 is 5.97 Å². The summed E-state index contributed by atoms with van der Waals surface area (Å²) in [4.78, 5) is 12.7. The zero-order chi connectivity index (χ0) is 22.4. The second-order valence-corrected chi connectivity index (χ2v) is 9.58. The fraction of sp³-hybridized carbons (Fsp3) is 0.731. The van der Waals surface area contributed by atoms with Gasteiger partial charge in [0.25, 0.3) is 0 Å². The van der Waals surface area contributed by atoms with Crippen LogP contribution in [0.1, 0.15) is 91.4 Å². The second kappa shape index (κ2) is 10.8. The SMILES string of the molecule is CCCC(C)C1([C@H]2CC[C@H](C(=O)Oc3ccc(OCC)c(F)c3F)CC2)CCCCC1. The van der Waals surface area contributed by atoms with Gasteiger partial charge in [0, 0.05) is 0 Å². The molecule has 0 aliphatic heterocycles. The molecule has 2 fully saturated rings. The highest BCUT2D eigenvalue weighted by molar-refractivity contribution is 5.75. The van der Waals surface area contributed by atoms with Gasteiger partial charge in [-0.15, -0.1) is 0 Å². The van der Waals surface area contributed by atoms with E-state index in [4.69, 9.17) is 9.47 Å². The first kappa shape index (κ1) is 24.0. The van der Waals surface area contributed by atoms with Gasteiger partial charge in [-0.1, -0.05) is 46.0 Å². The van der Waals surface area contributed by atoms with Crippen LogP contribution in [0.5, 0.6) is 11.5 Å². The second-order valence-electron chi connectivity index (χ2n) is 9.58. The maximum Gasteiger partial charge on any atom is 0.314 e. The molecule has 0 N–H and O–H groups in total. The Morgan fingerprint density at radius 3 is 2.26 bits per heavy atom. The minimum Gasteiger partial charge on any atom is -0.491 e. The number of ether oxygens (including phenoxy) is 2. The molecule has 0 spiro atoms. The molecule has 5 heteroatoms. The van der Waals surface area contributed by atoms with E-state index in [0.717, 1.165) is 25.7 Å². The van der Waals surface area contributed by atoms with Gasteiger partial charge in [-0.25, -0.2) is 0 Å². The highest BCUT2D eigenvalue weighted by Gasteiger charge is 2.45. The number of hydrogen-bond acceptors (Lipinski definition) is 3. The van der Waals surface area contributed by atoms with E-state index in [2.05, 4.69) is 13.8 Å². The van der Waals surface area contributed by atoms with Crippen molar-refractivity contribution in [3.8, 4) is 11.5 Å². The zero-order valence-corrected chi connectivity index (χ0v) is 19.4. The van der Waals surface area contributed by atoms with Crippen molar-refractivity contribution >= 4 is 5.97 Å². The van der Waals surface area contributed by atoms with Gasteiger partial charge < -0.3 is 9.47 Å². The maximum absolute atomic E-state index is 14.3. The Labute approximate surface area is 185 Å². The lowest BCUT2D eigenvalue weighted by atomic mass is 9.55. The fourth-order valence-corrected chi connectivity index (χ4v) is 6.19. The molecule has 2 aliphatic carbocycles. The van der Waals surface area contributed by atoms with E-state index in [1.54, 1.807) is 6.92 Å². The van der Waals surface area contributed by atoms with Crippen molar-refractivity contribution in [3.63, 3.8) is 0 Å². The summed E-state index contributed by atoms with van der Waals surface area (Å²) in [6.07, 6.45) is 12.7. The summed E-state index contributed by atoms with van der Waals surface area (Å²) < 4.78 is 38.7. The van der Waals surface area contributed by atoms with Crippen LogP contribution in [0.25, 0.3) is 0 Å². The Kier molecular flexibility index (Phi) is 8.35. The first-order valence-electron chi connectivity index (χ1n) is 12.2. The van der Waals surface area contributed by atoms with E-state index in [0.29, 0.717) is 17.3 Å². The summed E-state index contributed by atoms with van der Waals surface area (Å²) in [5.74, 6) is -2.12. The lowest BCUT2D eigenvalue weighted by Crippen LogP contribution is -2.41. The Morgan fingerprint density at radius 1 is 1.03 bits per heavy atom. The summed E-state index contributed by atoms with van der Waals surface area (Å²) in [6, 6.07) is 2.58. The van der Waals surface area contributed by atoms with Crippen LogP contribution in [-0.2, 0) is 4.79 Å². The van der Waals surface area contributed by atoms with Gasteiger partial charge in [-0.3, -0.25) is 4.79 Å². The molecule has 174 valence electrons. The third kappa shape index (κ3) is 5.23. The van der Waals surface area contributed by atoms with E-state index in [9.17, 15) is 13.6 Å². The van der Waals surface area contributed by atoms with Gasteiger partial charge in [0.1, 0.15) is 0 Å². The van der Waals surface area contributed by atoms with Crippen molar-refractivity contribution in [2.75, 3.05) is 6.61 Å². The quantitative estimate of drug-likeness (QED) is 0.313. The van der Waals surface area contributed by atoms with Gasteiger partial charge in [0.05, 0.1) is 12.5 Å². The molecule has 31 heavy (non-hydrogen) atoms. The summed E-state index contributed by atoms with van der Waals surface area (Å²) in [6.45, 7) is 6.63. The van der Waals surface area contributed by atoms with Crippen LogP contribution in [0.2, 0.25) is 0 Å². The molecule has 0 bridgehead atoms. The Hall–Kier alpha value is -1.65. The molecular formula is C26H38F2O3. The molecule has 1 unspecified atom stereocenters. The summed E-state index contributed by atoms with van der Waals surface area (Å²) in [5.41, 5.74) is 0.410. The average Bonchev–Trinajstić information content (AvgIpc) is 2.79. The number of carbonyl (C=O) groups excluding carboxylic acids is 1. The smallest absolute Gasteiger partial charge is 0.314 e. The van der Waals surface area contributed by atoms with Crippen molar-refractivity contribution in [1.82, 2.24) is 0 Å². The Balaban J connectivity index is 1.62. The number of hydrogen-bond donors (Lipinski definition) is 0. The first-order valence-corrected chi connectivity index (χ1v) is 12.2. The predicted molar refractivity (Wildman–Crippen MR) is 118 cm³/mol. The van der Waals surface area contributed by atoms with E-state index >= 15 is 0 Å². The highest BCUT2D eigenvalue weighted by Crippen LogP contribution is 2.54. The Morgan fingerprint density at radius 2 is 1.65 bits per heavy atom. The monoisotopic (exact) mass is 436 g/mol. The molecule has 0 radical (unpaired) electrons. The minimum absolute atomic E-state index is 0.167. The molecule has 3 nitrogen and oxygen atoms in total. The van der Waals surface area contributed by atoms with E-state index in [-0.39, 0.29) is 24.0 Å². The highest BCUT2D eigenvalue weighted by atomic mass is 19.2. The third-order valence-electron chi connectivity index (χ3n) is 7.88. The van der Waals surface area contributed by atoms with Crippen molar-refractivity contribution in [2.24, 2.45) is 23.2 Å². The molecule has 3 rings (SSSR count). The molecule has 1 aromatic carbocycles. The number of carbonyl (C=O) groups is 1. The van der Waals surface area contributed by atoms with Crippen LogP contribution >= 0.6 is 0 Å². The zero-order valence-electron chi connectivity index (χ0n) is 19.4. The van der Waals surface area contributed by atoms with Crippen LogP contribution in [0.3, 0.4) is 0 Å². The van der Waals surface area contributed by atoms with Crippen molar-refractivity contribution in [1.29, 1.82) is 0 Å². The molecule has 1 aromatic rings. The van der Waals surface area contributed by atoms with E-state index in [1.165, 1.54) is 57.1 Å². The Bertz CT molecular complexity index is 734. The lowest BCUT2D eigenvalue weighted by molar-refractivity contribution is -0.141. The lowest BCUT2D eigenvalue weighted by Gasteiger charge is -2.50. The van der Waals surface area contributed by atoms with Crippen LogP contribution in [-0.4, -0.2) is 12.6 Å². The fourth-order valence-electron chi connectivity index (χ4n) is 6.19. The molecule has 2 aliphatic rings. The summed E-state index contributed by atoms with van der Waals surface area (Å²) in [7, 11) is 0. The number of halogens is 2. The minimum atomic E-state index is -1.16. The number of esters is 1. The standard InChI is InChI=1S/C26H38F2O3/c1-4-9-18(3)26(16-7-6-8-17-26)20-12-10-19(11-13-20)25(29)31-22-15-14-21(30-5-2)23(27)24(22)28/h14-15,18-20H,4-13,16-17H2,1-3H3/t18?,19-,20-. The molecule has 1 atom stereocenters. The van der Waals surface area contributed by atoms with Crippen LogP contribution in [0.15, 0.2) is 12.1 Å². The van der Waals surface area contributed by atoms with Crippen LogP contribution < -0.4 is 9.47 Å². The number of rotatable bonds is 8. The van der Waals surface area contributed by atoms with Gasteiger partial charge in [0.15, 0.2) is 11.5 Å². The first-order chi connectivity index (χ1) is 14.9. The number of benzene rings is 1. The predicted octanol–water partition coefficient (Wildman–Crippen LogP) is 7.46. The largest absolute Gasteiger partial charge is 0.491 e. The normalized spacial score (nSPS) is 24.4. The summed E-state index contributed by atoms with van der Waals surface area (Å²) >= 11 is 0. The van der Waals surface area contributed by atoms with Crippen molar-refractivity contribution < 1.29 is 23.0 Å². The summed E-state index contributed by atoms with van der Waals surface area (Å²) in [5, 5.41) is 0. The van der Waals surface area contributed by atoms with E-state index < -0.39 is 17.6 Å². The van der Waals surface area contributed by atoms with Gasteiger partial charge in [0.2, 0.25) is 11.6 Å². The van der Waals surface area contributed by atoms with Crippen LogP contribution in [0, 0.1) is 34.8 Å². The van der Waals surface area contributed by atoms with Crippen molar-refractivity contribution in [3.05, 3.63) is 23.8 Å². The molecule has 0 amide bonds. The van der Waals surface area contributed by atoms with E-state index in [1.807, 2.05) is 0 Å². The topological polar surface area (TPSA) is 35.5 Å². The average molecular weight is 437 g/mol. The molecular weight excluding hydrogens is 398 g/mol. The molecule has 0 heterocycles. The molecule has 0 aromatic heterocycles. The molecule has 2 saturated carbocycles. The van der Waals surface area contributed by atoms with Crippen LogP contribution in [0.4, 0.5) is 8.78 Å². The van der Waals surface area contributed by atoms with Gasteiger partial charge in [-0.05, 0) is 74.8 Å². The van der Waals surface area contributed by atoms with Gasteiger partial charge in [-0.2, -0.15) is 8.78 Å². The maximum atomic E-state index is 14.3. The van der Waals surface area contributed by atoms with Crippen molar-refractivity contribution in [2.45, 2.75) is 91.4 Å². The molecule has 0 saturated heterocycles. The third-order valence-corrected chi connectivity index (χ3v) is 7.88.